The van der Waals surface area contributed by atoms with Crippen LogP contribution < -0.4 is 4.74 Å². The van der Waals surface area contributed by atoms with Gasteiger partial charge in [0.2, 0.25) is 0 Å². The average molecular weight is 280 g/mol. The summed E-state index contributed by atoms with van der Waals surface area (Å²) in [6, 6.07) is 18.6. The number of nitrogens with zero attached hydrogens (tertiary/aromatic N) is 2. The maximum absolute atomic E-state index is 12.0. The van der Waals surface area contributed by atoms with E-state index in [0.717, 1.165) is 5.56 Å². The third-order valence-electron chi connectivity index (χ3n) is 3.01. The summed E-state index contributed by atoms with van der Waals surface area (Å²) in [6.45, 7) is 0.499. The van der Waals surface area contributed by atoms with Crippen LogP contribution in [0.5, 0.6) is 5.75 Å². The first-order valence-corrected chi connectivity index (χ1v) is 6.60. The van der Waals surface area contributed by atoms with Crippen molar-refractivity contribution in [2.75, 3.05) is 13.7 Å². The third kappa shape index (κ3) is 4.36. The summed E-state index contributed by atoms with van der Waals surface area (Å²) >= 11 is 0. The molecule has 2 aromatic carbocycles. The molecule has 4 heteroatoms. The largest absolute Gasteiger partial charge is 0.484 e. The van der Waals surface area contributed by atoms with Crippen molar-refractivity contribution in [3.05, 3.63) is 65.7 Å². The Balaban J connectivity index is 1.88. The molecule has 0 unspecified atom stereocenters. The van der Waals surface area contributed by atoms with E-state index in [9.17, 15) is 4.79 Å². The molecule has 2 rings (SSSR count). The second-order valence-electron chi connectivity index (χ2n) is 4.66. The summed E-state index contributed by atoms with van der Waals surface area (Å²) in [5, 5.41) is 8.81. The first-order valence-electron chi connectivity index (χ1n) is 6.60. The molecule has 0 aliphatic carbocycles. The van der Waals surface area contributed by atoms with E-state index in [1.165, 1.54) is 0 Å². The standard InChI is InChI=1S/C17H16N2O2/c1-19(12-14-6-3-2-4-7-14)17(20)13-21-16-9-5-8-15(10-16)11-18/h2-10H,12-13H2,1H3. The van der Waals surface area contributed by atoms with Gasteiger partial charge < -0.3 is 9.64 Å². The monoisotopic (exact) mass is 280 g/mol. The number of hydrogen-bond acceptors (Lipinski definition) is 3. The van der Waals surface area contributed by atoms with E-state index in [-0.39, 0.29) is 12.5 Å². The van der Waals surface area contributed by atoms with Crippen LogP contribution in [-0.2, 0) is 11.3 Å². The number of hydrogen-bond donors (Lipinski definition) is 0. The van der Waals surface area contributed by atoms with Gasteiger partial charge in [-0.1, -0.05) is 36.4 Å². The summed E-state index contributed by atoms with van der Waals surface area (Å²) < 4.78 is 5.43. The fraction of sp³-hybridized carbons (Fsp3) is 0.176. The molecule has 0 bridgehead atoms. The maximum atomic E-state index is 12.0. The van der Waals surface area contributed by atoms with Crippen molar-refractivity contribution in [2.45, 2.75) is 6.54 Å². The zero-order valence-corrected chi connectivity index (χ0v) is 11.8. The van der Waals surface area contributed by atoms with Gasteiger partial charge in [-0.2, -0.15) is 5.26 Å². The van der Waals surface area contributed by atoms with Gasteiger partial charge in [-0.3, -0.25) is 4.79 Å². The van der Waals surface area contributed by atoms with Crippen LogP contribution in [0.2, 0.25) is 0 Å². The molecule has 0 aromatic heterocycles. The summed E-state index contributed by atoms with van der Waals surface area (Å²) in [6.07, 6.45) is 0. The van der Waals surface area contributed by atoms with Gasteiger partial charge in [0.25, 0.3) is 5.91 Å². The molecule has 0 radical (unpaired) electrons. The minimum Gasteiger partial charge on any atom is -0.484 e. The smallest absolute Gasteiger partial charge is 0.260 e. The second-order valence-corrected chi connectivity index (χ2v) is 4.66. The van der Waals surface area contributed by atoms with Crippen LogP contribution in [0.15, 0.2) is 54.6 Å². The van der Waals surface area contributed by atoms with Crippen molar-refractivity contribution in [3.63, 3.8) is 0 Å². The van der Waals surface area contributed by atoms with Crippen molar-refractivity contribution in [1.29, 1.82) is 5.26 Å². The van der Waals surface area contributed by atoms with Gasteiger partial charge in [-0.25, -0.2) is 0 Å². The third-order valence-corrected chi connectivity index (χ3v) is 3.01. The number of carbonyl (C=O) groups excluding carboxylic acids is 1. The molecule has 1 amide bonds. The summed E-state index contributed by atoms with van der Waals surface area (Å²) in [5.74, 6) is 0.414. The lowest BCUT2D eigenvalue weighted by atomic mass is 10.2. The Hall–Kier alpha value is -2.80. The highest BCUT2D eigenvalue weighted by atomic mass is 16.5. The highest BCUT2D eigenvalue weighted by molar-refractivity contribution is 5.77. The van der Waals surface area contributed by atoms with Crippen LogP contribution in [0.25, 0.3) is 0 Å². The van der Waals surface area contributed by atoms with E-state index in [1.54, 1.807) is 36.2 Å². The number of rotatable bonds is 5. The molecule has 0 aliphatic rings. The lowest BCUT2D eigenvalue weighted by Gasteiger charge is -2.17. The topological polar surface area (TPSA) is 53.3 Å². The highest BCUT2D eigenvalue weighted by Crippen LogP contribution is 2.12. The fourth-order valence-electron chi connectivity index (χ4n) is 1.86. The Bertz CT molecular complexity index is 647. The molecule has 0 aliphatic heterocycles. The molecular formula is C17H16N2O2. The fourth-order valence-corrected chi connectivity index (χ4v) is 1.86. The van der Waals surface area contributed by atoms with E-state index in [0.29, 0.717) is 17.9 Å². The van der Waals surface area contributed by atoms with Crippen LogP contribution in [0.3, 0.4) is 0 Å². The van der Waals surface area contributed by atoms with Crippen molar-refractivity contribution in [1.82, 2.24) is 4.90 Å². The van der Waals surface area contributed by atoms with Crippen LogP contribution >= 0.6 is 0 Å². The van der Waals surface area contributed by atoms with Gasteiger partial charge in [0, 0.05) is 13.6 Å². The molecule has 0 heterocycles. The number of likely N-dealkylation sites (N-methyl/N-ethyl adjacent to an activating group) is 1. The normalized spacial score (nSPS) is 9.71. The molecule has 2 aromatic rings. The van der Waals surface area contributed by atoms with Crippen molar-refractivity contribution >= 4 is 5.91 Å². The van der Waals surface area contributed by atoms with Crippen molar-refractivity contribution < 1.29 is 9.53 Å². The molecule has 0 saturated carbocycles. The molecule has 0 saturated heterocycles. The summed E-state index contributed by atoms with van der Waals surface area (Å²) in [4.78, 5) is 13.6. The van der Waals surface area contributed by atoms with Crippen LogP contribution in [0.4, 0.5) is 0 Å². The van der Waals surface area contributed by atoms with Crippen molar-refractivity contribution in [2.24, 2.45) is 0 Å². The molecule has 0 fully saturated rings. The minimum absolute atomic E-state index is 0.0434. The number of ether oxygens (including phenoxy) is 1. The minimum atomic E-state index is -0.110. The number of benzene rings is 2. The first-order chi connectivity index (χ1) is 10.2. The van der Waals surface area contributed by atoms with Gasteiger partial charge in [0.05, 0.1) is 11.6 Å². The quantitative estimate of drug-likeness (QED) is 0.846. The lowest BCUT2D eigenvalue weighted by Crippen LogP contribution is -2.30. The Morgan fingerprint density at radius 2 is 1.95 bits per heavy atom. The molecule has 4 nitrogen and oxygen atoms in total. The van der Waals surface area contributed by atoms with E-state index in [2.05, 4.69) is 0 Å². The van der Waals surface area contributed by atoms with Gasteiger partial charge in [-0.15, -0.1) is 0 Å². The number of nitriles is 1. The highest BCUT2D eigenvalue weighted by Gasteiger charge is 2.10. The predicted octanol–water partition coefficient (Wildman–Crippen LogP) is 2.60. The summed E-state index contributed by atoms with van der Waals surface area (Å²) in [7, 11) is 1.74. The van der Waals surface area contributed by atoms with E-state index < -0.39 is 0 Å². The van der Waals surface area contributed by atoms with Crippen LogP contribution in [0, 0.1) is 11.3 Å². The molecule has 0 atom stereocenters. The molecular weight excluding hydrogens is 264 g/mol. The zero-order chi connectivity index (χ0) is 15.1. The van der Waals surface area contributed by atoms with E-state index in [1.807, 2.05) is 36.4 Å². The average Bonchev–Trinajstić information content (AvgIpc) is 2.53. The van der Waals surface area contributed by atoms with E-state index in [4.69, 9.17) is 10.00 Å². The Labute approximate surface area is 124 Å². The zero-order valence-electron chi connectivity index (χ0n) is 11.8. The lowest BCUT2D eigenvalue weighted by molar-refractivity contribution is -0.132. The maximum Gasteiger partial charge on any atom is 0.260 e. The van der Waals surface area contributed by atoms with Gasteiger partial charge in [0.1, 0.15) is 5.75 Å². The first kappa shape index (κ1) is 14.6. The molecule has 21 heavy (non-hydrogen) atoms. The van der Waals surface area contributed by atoms with Crippen LogP contribution in [0.1, 0.15) is 11.1 Å². The van der Waals surface area contributed by atoms with Gasteiger partial charge in [0.15, 0.2) is 6.61 Å². The molecule has 0 N–H and O–H groups in total. The SMILES string of the molecule is CN(Cc1ccccc1)C(=O)COc1cccc(C#N)c1. The molecule has 0 spiro atoms. The Morgan fingerprint density at radius 3 is 2.67 bits per heavy atom. The van der Waals surface area contributed by atoms with Gasteiger partial charge in [-0.05, 0) is 23.8 Å². The predicted molar refractivity (Wildman–Crippen MR) is 79.6 cm³/mol. The molecule has 106 valence electrons. The van der Waals surface area contributed by atoms with Crippen LogP contribution in [-0.4, -0.2) is 24.5 Å². The van der Waals surface area contributed by atoms with E-state index >= 15 is 0 Å². The Morgan fingerprint density at radius 1 is 1.19 bits per heavy atom. The number of amides is 1. The van der Waals surface area contributed by atoms with Crippen molar-refractivity contribution in [3.8, 4) is 11.8 Å². The second kappa shape index (κ2) is 7.11. The van der Waals surface area contributed by atoms with Gasteiger partial charge >= 0.3 is 0 Å². The number of carbonyl (C=O) groups is 1. The summed E-state index contributed by atoms with van der Waals surface area (Å²) in [5.41, 5.74) is 1.58. The Kier molecular flexibility index (Phi) is 4.94.